The predicted molar refractivity (Wildman–Crippen MR) is 93.2 cm³/mol. The number of benzene rings is 1. The van der Waals surface area contributed by atoms with Gasteiger partial charge in [0, 0.05) is 22.9 Å². The molecule has 6 heteroatoms. The summed E-state index contributed by atoms with van der Waals surface area (Å²) >= 11 is 0. The van der Waals surface area contributed by atoms with Crippen LogP contribution in [0.3, 0.4) is 0 Å². The van der Waals surface area contributed by atoms with E-state index >= 15 is 0 Å². The topological polar surface area (TPSA) is 84.9 Å². The van der Waals surface area contributed by atoms with E-state index in [1.807, 2.05) is 0 Å². The first kappa shape index (κ1) is 18.6. The molecule has 1 aliphatic rings. The quantitative estimate of drug-likeness (QED) is 0.798. The number of phenols is 1. The van der Waals surface area contributed by atoms with Gasteiger partial charge in [0.25, 0.3) is 0 Å². The smallest absolute Gasteiger partial charge is 0.336 e. The van der Waals surface area contributed by atoms with Crippen molar-refractivity contribution in [3.8, 4) is 11.5 Å². The third-order valence-electron chi connectivity index (χ3n) is 4.17. The molecule has 0 bridgehead atoms. The van der Waals surface area contributed by atoms with Crippen LogP contribution in [0.4, 0.5) is 0 Å². The molecule has 0 spiro atoms. The monoisotopic (exact) mass is 345 g/mol. The first-order valence-electron chi connectivity index (χ1n) is 8.05. The van der Waals surface area contributed by atoms with E-state index in [2.05, 4.69) is 5.32 Å². The largest absolute Gasteiger partial charge is 0.504 e. The maximum atomic E-state index is 12.6. The summed E-state index contributed by atoms with van der Waals surface area (Å²) in [4.78, 5) is 24.8. The van der Waals surface area contributed by atoms with Gasteiger partial charge in [0.2, 0.25) is 0 Å². The van der Waals surface area contributed by atoms with Gasteiger partial charge in [0.05, 0.1) is 19.3 Å². The van der Waals surface area contributed by atoms with Crippen molar-refractivity contribution < 1.29 is 24.2 Å². The molecule has 0 fully saturated rings. The lowest BCUT2D eigenvalue weighted by Gasteiger charge is -2.30. The van der Waals surface area contributed by atoms with Gasteiger partial charge in [-0.3, -0.25) is 4.79 Å². The molecule has 1 unspecified atom stereocenters. The molecule has 1 aliphatic heterocycles. The number of Topliss-reactive ketones (excluding diaryl/α,β-unsaturated/α-hetero) is 1. The molecule has 2 rings (SSSR count). The Morgan fingerprint density at radius 3 is 2.40 bits per heavy atom. The lowest BCUT2D eigenvalue weighted by Crippen LogP contribution is -2.31. The third kappa shape index (κ3) is 3.52. The van der Waals surface area contributed by atoms with E-state index in [0.29, 0.717) is 28.1 Å². The number of dihydropyridines is 1. The molecule has 6 nitrogen and oxygen atoms in total. The number of ketones is 1. The summed E-state index contributed by atoms with van der Waals surface area (Å²) in [6.07, 6.45) is 0. The number of hydrogen-bond acceptors (Lipinski definition) is 6. The second-order valence-electron chi connectivity index (χ2n) is 5.84. The highest BCUT2D eigenvalue weighted by atomic mass is 16.5. The van der Waals surface area contributed by atoms with Crippen molar-refractivity contribution in [1.29, 1.82) is 0 Å². The molecule has 25 heavy (non-hydrogen) atoms. The molecular formula is C19H23NO5. The maximum Gasteiger partial charge on any atom is 0.336 e. The van der Waals surface area contributed by atoms with E-state index in [1.165, 1.54) is 20.1 Å². The third-order valence-corrected chi connectivity index (χ3v) is 4.17. The van der Waals surface area contributed by atoms with Gasteiger partial charge in [0.1, 0.15) is 0 Å². The Bertz CT molecular complexity index is 776. The zero-order chi connectivity index (χ0) is 18.7. The van der Waals surface area contributed by atoms with Crippen molar-refractivity contribution in [2.75, 3.05) is 13.7 Å². The Morgan fingerprint density at radius 1 is 1.20 bits per heavy atom. The molecule has 0 saturated heterocycles. The lowest BCUT2D eigenvalue weighted by atomic mass is 9.79. The van der Waals surface area contributed by atoms with Gasteiger partial charge >= 0.3 is 5.97 Å². The molecule has 0 saturated carbocycles. The molecule has 0 radical (unpaired) electrons. The van der Waals surface area contributed by atoms with Crippen molar-refractivity contribution in [1.82, 2.24) is 5.32 Å². The molecular weight excluding hydrogens is 322 g/mol. The Morgan fingerprint density at radius 2 is 1.84 bits per heavy atom. The number of methoxy groups -OCH3 is 1. The standard InChI is InChI=1S/C19H23NO5/c1-6-25-19(23)17-11(3)20-10(2)16(12(4)21)18(17)13-7-8-14(22)15(9-13)24-5/h7-9,18,20,22H,6H2,1-5H3. The zero-order valence-electron chi connectivity index (χ0n) is 15.1. The van der Waals surface area contributed by atoms with Crippen LogP contribution in [-0.4, -0.2) is 30.6 Å². The van der Waals surface area contributed by atoms with Gasteiger partial charge in [-0.2, -0.15) is 0 Å². The van der Waals surface area contributed by atoms with Gasteiger partial charge in [-0.1, -0.05) is 6.07 Å². The summed E-state index contributed by atoms with van der Waals surface area (Å²) in [5.74, 6) is -0.944. The number of phenolic OH excluding ortho intramolecular Hbond substituents is 1. The van der Waals surface area contributed by atoms with E-state index in [4.69, 9.17) is 9.47 Å². The number of aromatic hydroxyl groups is 1. The van der Waals surface area contributed by atoms with E-state index in [9.17, 15) is 14.7 Å². The highest BCUT2D eigenvalue weighted by molar-refractivity contribution is 6.02. The number of carbonyl (C=O) groups is 2. The van der Waals surface area contributed by atoms with Crippen molar-refractivity contribution in [3.63, 3.8) is 0 Å². The van der Waals surface area contributed by atoms with E-state index < -0.39 is 11.9 Å². The van der Waals surface area contributed by atoms with Crippen LogP contribution in [0.25, 0.3) is 0 Å². The van der Waals surface area contributed by atoms with E-state index in [1.54, 1.807) is 32.9 Å². The number of esters is 1. The van der Waals surface area contributed by atoms with E-state index in [0.717, 1.165) is 0 Å². The minimum atomic E-state index is -0.590. The summed E-state index contributed by atoms with van der Waals surface area (Å²) in [6, 6.07) is 4.80. The fraction of sp³-hybridized carbons (Fsp3) is 0.368. The molecule has 134 valence electrons. The van der Waals surface area contributed by atoms with Gasteiger partial charge in [0.15, 0.2) is 17.3 Å². The van der Waals surface area contributed by atoms with Gasteiger partial charge < -0.3 is 19.9 Å². The SMILES string of the molecule is CCOC(=O)C1=C(C)NC(C)=C(C(C)=O)C1c1ccc(O)c(OC)c1. The number of nitrogens with one attached hydrogen (secondary N) is 1. The Hall–Kier alpha value is -2.76. The van der Waals surface area contributed by atoms with Gasteiger partial charge in [-0.25, -0.2) is 4.79 Å². The fourth-order valence-electron chi connectivity index (χ4n) is 3.15. The van der Waals surface area contributed by atoms with Crippen LogP contribution < -0.4 is 10.1 Å². The Labute approximate surface area is 147 Å². The molecule has 1 heterocycles. The number of hydrogen-bond donors (Lipinski definition) is 2. The van der Waals surface area contributed by atoms with Crippen LogP contribution in [0, 0.1) is 0 Å². The summed E-state index contributed by atoms with van der Waals surface area (Å²) in [7, 11) is 1.45. The maximum absolute atomic E-state index is 12.6. The summed E-state index contributed by atoms with van der Waals surface area (Å²) in [5, 5.41) is 12.9. The van der Waals surface area contributed by atoms with Crippen molar-refractivity contribution in [3.05, 3.63) is 46.3 Å². The normalized spacial score (nSPS) is 17.2. The second kappa shape index (κ2) is 7.42. The highest BCUT2D eigenvalue weighted by Crippen LogP contribution is 2.41. The lowest BCUT2D eigenvalue weighted by molar-refractivity contribution is -0.138. The minimum Gasteiger partial charge on any atom is -0.504 e. The van der Waals surface area contributed by atoms with Crippen LogP contribution in [0.1, 0.15) is 39.2 Å². The fourth-order valence-corrected chi connectivity index (χ4v) is 3.15. The second-order valence-corrected chi connectivity index (χ2v) is 5.84. The van der Waals surface area contributed by atoms with Crippen molar-refractivity contribution >= 4 is 11.8 Å². The Kier molecular flexibility index (Phi) is 5.51. The van der Waals surface area contributed by atoms with Crippen LogP contribution in [0.5, 0.6) is 11.5 Å². The highest BCUT2D eigenvalue weighted by Gasteiger charge is 2.36. The minimum absolute atomic E-state index is 0.0105. The summed E-state index contributed by atoms with van der Waals surface area (Å²) in [5.41, 5.74) is 2.86. The van der Waals surface area contributed by atoms with Gasteiger partial charge in [-0.05, 0) is 45.4 Å². The number of carbonyl (C=O) groups excluding carboxylic acids is 2. The van der Waals surface area contributed by atoms with Gasteiger partial charge in [-0.15, -0.1) is 0 Å². The summed E-state index contributed by atoms with van der Waals surface area (Å²) in [6.45, 7) is 7.01. The molecule has 1 atom stereocenters. The molecule has 0 aromatic heterocycles. The molecule has 0 amide bonds. The average molecular weight is 345 g/mol. The number of rotatable bonds is 5. The van der Waals surface area contributed by atoms with E-state index in [-0.39, 0.29) is 23.9 Å². The van der Waals surface area contributed by atoms with Crippen LogP contribution >= 0.6 is 0 Å². The molecule has 1 aromatic rings. The zero-order valence-corrected chi connectivity index (χ0v) is 15.1. The first-order valence-corrected chi connectivity index (χ1v) is 8.05. The molecule has 0 aliphatic carbocycles. The van der Waals surface area contributed by atoms with Crippen LogP contribution in [0.15, 0.2) is 40.7 Å². The molecule has 2 N–H and O–H groups in total. The van der Waals surface area contributed by atoms with Crippen LogP contribution in [0.2, 0.25) is 0 Å². The number of ether oxygens (including phenoxy) is 2. The van der Waals surface area contributed by atoms with Crippen molar-refractivity contribution in [2.24, 2.45) is 0 Å². The average Bonchev–Trinajstić information content (AvgIpc) is 2.54. The van der Waals surface area contributed by atoms with Crippen LogP contribution in [-0.2, 0) is 14.3 Å². The van der Waals surface area contributed by atoms with Crippen molar-refractivity contribution in [2.45, 2.75) is 33.6 Å². The summed E-state index contributed by atoms with van der Waals surface area (Å²) < 4.78 is 10.4. The number of allylic oxidation sites excluding steroid dienone is 3. The Balaban J connectivity index is 2.69. The molecule has 1 aromatic carbocycles. The predicted octanol–water partition coefficient (Wildman–Crippen LogP) is 2.79. The first-order chi connectivity index (χ1) is 11.8.